The van der Waals surface area contributed by atoms with Gasteiger partial charge in [0.2, 0.25) is 0 Å². The Balaban J connectivity index is 1.08. The van der Waals surface area contributed by atoms with Gasteiger partial charge in [-0.3, -0.25) is 9.69 Å². The molecule has 0 aromatic heterocycles. The Morgan fingerprint density at radius 1 is 0.848 bits per heavy atom. The van der Waals surface area contributed by atoms with Gasteiger partial charge in [0.1, 0.15) is 23.9 Å². The maximum Gasteiger partial charge on any atom is 0.176 e. The van der Waals surface area contributed by atoms with E-state index in [0.29, 0.717) is 25.0 Å². The van der Waals surface area contributed by atoms with Crippen molar-refractivity contribution in [2.24, 2.45) is 11.8 Å². The van der Waals surface area contributed by atoms with Crippen LogP contribution in [-0.2, 0) is 6.61 Å². The van der Waals surface area contributed by atoms with E-state index in [2.05, 4.69) is 4.90 Å². The third-order valence-electron chi connectivity index (χ3n) is 6.69. The molecule has 0 amide bonds. The van der Waals surface area contributed by atoms with Gasteiger partial charge >= 0.3 is 0 Å². The van der Waals surface area contributed by atoms with Crippen molar-refractivity contribution in [2.45, 2.75) is 25.6 Å². The van der Waals surface area contributed by atoms with Crippen molar-refractivity contribution in [2.75, 3.05) is 19.6 Å². The highest BCUT2D eigenvalue weighted by Crippen LogP contribution is 2.39. The Morgan fingerprint density at radius 3 is 2.15 bits per heavy atom. The summed E-state index contributed by atoms with van der Waals surface area (Å²) in [4.78, 5) is 15.1. The van der Waals surface area contributed by atoms with Crippen molar-refractivity contribution in [1.82, 2.24) is 4.90 Å². The molecule has 170 valence electrons. The fourth-order valence-electron chi connectivity index (χ4n) is 5.04. The fraction of sp³-hybridized carbons (Fsp3) is 0.321. The Morgan fingerprint density at radius 2 is 1.48 bits per heavy atom. The first-order valence-electron chi connectivity index (χ1n) is 11.6. The topological polar surface area (TPSA) is 38.8 Å². The molecule has 4 nitrogen and oxygen atoms in total. The zero-order valence-corrected chi connectivity index (χ0v) is 18.5. The second-order valence-electron chi connectivity index (χ2n) is 9.10. The van der Waals surface area contributed by atoms with Crippen LogP contribution in [0.4, 0.5) is 4.39 Å². The average Bonchev–Trinajstić information content (AvgIpc) is 3.38. The van der Waals surface area contributed by atoms with Crippen LogP contribution in [0.2, 0.25) is 0 Å². The van der Waals surface area contributed by atoms with E-state index in [1.165, 1.54) is 12.1 Å². The van der Waals surface area contributed by atoms with Crippen molar-refractivity contribution < 1.29 is 18.7 Å². The first kappa shape index (κ1) is 21.7. The molecule has 1 saturated heterocycles. The van der Waals surface area contributed by atoms with E-state index in [9.17, 15) is 9.18 Å². The molecular formula is C28H28FNO3. The zero-order valence-electron chi connectivity index (χ0n) is 18.5. The van der Waals surface area contributed by atoms with Crippen LogP contribution in [0.3, 0.4) is 0 Å². The number of rotatable bonds is 8. The summed E-state index contributed by atoms with van der Waals surface area (Å²) in [5.74, 6) is 2.49. The summed E-state index contributed by atoms with van der Waals surface area (Å²) in [6.45, 7) is 2.81. The smallest absolute Gasteiger partial charge is 0.176 e. The summed E-state index contributed by atoms with van der Waals surface area (Å²) in [6.07, 6.45) is 2.15. The molecule has 5 rings (SSSR count). The number of nitrogens with zero attached hydrogens (tertiary/aromatic N) is 1. The minimum atomic E-state index is -0.250. The van der Waals surface area contributed by atoms with Gasteiger partial charge in [-0.15, -0.1) is 0 Å². The highest BCUT2D eigenvalue weighted by atomic mass is 19.1. The summed E-state index contributed by atoms with van der Waals surface area (Å²) in [7, 11) is 0. The van der Waals surface area contributed by atoms with E-state index in [0.717, 1.165) is 48.6 Å². The molecule has 0 N–H and O–H groups in total. The molecule has 2 fully saturated rings. The SMILES string of the molecule is O=C(CN1CC2CC(Oc3ccc(F)cc3)C[C@@H]2C1)c1ccc(OCc2ccccc2)cc1. The van der Waals surface area contributed by atoms with Crippen LogP contribution in [0.15, 0.2) is 78.9 Å². The molecule has 2 aliphatic rings. The standard InChI is InChI=1S/C28H28FNO3/c29-24-8-12-26(13-9-24)33-27-14-22-16-30(17-23(22)15-27)18-28(31)21-6-10-25(11-7-21)32-19-20-4-2-1-3-5-20/h1-13,22-23,27H,14-19H2/t22-,23?,27?/m1/s1. The van der Waals surface area contributed by atoms with Crippen molar-refractivity contribution >= 4 is 5.78 Å². The first-order chi connectivity index (χ1) is 16.1. The minimum Gasteiger partial charge on any atom is -0.490 e. The van der Waals surface area contributed by atoms with E-state index in [1.807, 2.05) is 54.6 Å². The quantitative estimate of drug-likeness (QED) is 0.437. The number of carbonyl (C=O) groups is 1. The van der Waals surface area contributed by atoms with E-state index in [4.69, 9.17) is 9.47 Å². The first-order valence-corrected chi connectivity index (χ1v) is 11.6. The number of ketones is 1. The van der Waals surface area contributed by atoms with Gasteiger partial charge in [0.25, 0.3) is 0 Å². The number of ether oxygens (including phenoxy) is 2. The van der Waals surface area contributed by atoms with Crippen molar-refractivity contribution in [3.05, 3.63) is 95.8 Å². The molecule has 5 heteroatoms. The van der Waals surface area contributed by atoms with Crippen molar-refractivity contribution in [3.8, 4) is 11.5 Å². The Bertz CT molecular complexity index is 1050. The molecule has 2 unspecified atom stereocenters. The number of fused-ring (bicyclic) bond motifs is 1. The molecule has 33 heavy (non-hydrogen) atoms. The number of hydrogen-bond acceptors (Lipinski definition) is 4. The number of carbonyl (C=O) groups excluding carboxylic acids is 1. The van der Waals surface area contributed by atoms with Crippen LogP contribution in [0, 0.1) is 17.7 Å². The maximum atomic E-state index is 13.1. The maximum absolute atomic E-state index is 13.1. The van der Waals surface area contributed by atoms with Crippen molar-refractivity contribution in [3.63, 3.8) is 0 Å². The van der Waals surface area contributed by atoms with Crippen molar-refractivity contribution in [1.29, 1.82) is 0 Å². The number of Topliss-reactive ketones (excluding diaryl/α,β-unsaturated/α-hetero) is 1. The van der Waals surface area contributed by atoms with Gasteiger partial charge in [-0.05, 0) is 78.8 Å². The summed E-state index contributed by atoms with van der Waals surface area (Å²) >= 11 is 0. The molecule has 1 heterocycles. The number of halogens is 1. The molecule has 3 aromatic carbocycles. The molecule has 3 aromatic rings. The summed E-state index contributed by atoms with van der Waals surface area (Å²) in [6, 6.07) is 23.7. The van der Waals surface area contributed by atoms with Crippen LogP contribution >= 0.6 is 0 Å². The molecule has 3 atom stereocenters. The average molecular weight is 446 g/mol. The van der Waals surface area contributed by atoms with Gasteiger partial charge in [0, 0.05) is 18.7 Å². The minimum absolute atomic E-state index is 0.142. The van der Waals surface area contributed by atoms with Gasteiger partial charge in [0.05, 0.1) is 12.6 Å². The second kappa shape index (κ2) is 9.75. The molecule has 1 aliphatic carbocycles. The van der Waals surface area contributed by atoms with Crippen LogP contribution in [-0.4, -0.2) is 36.4 Å². The number of benzene rings is 3. The Kier molecular flexibility index (Phi) is 6.40. The van der Waals surface area contributed by atoms with Gasteiger partial charge < -0.3 is 9.47 Å². The fourth-order valence-corrected chi connectivity index (χ4v) is 5.04. The lowest BCUT2D eigenvalue weighted by atomic mass is 10.0. The summed E-state index contributed by atoms with van der Waals surface area (Å²) < 4.78 is 24.9. The molecule has 0 radical (unpaired) electrons. The summed E-state index contributed by atoms with van der Waals surface area (Å²) in [5, 5.41) is 0. The molecule has 0 spiro atoms. The summed E-state index contributed by atoms with van der Waals surface area (Å²) in [5.41, 5.74) is 1.83. The normalized spacial score (nSPS) is 22.2. The third kappa shape index (κ3) is 5.42. The monoisotopic (exact) mass is 445 g/mol. The van der Waals surface area contributed by atoms with Crippen LogP contribution in [0.5, 0.6) is 11.5 Å². The van der Waals surface area contributed by atoms with Crippen LogP contribution in [0.1, 0.15) is 28.8 Å². The highest BCUT2D eigenvalue weighted by molar-refractivity contribution is 5.97. The molecular weight excluding hydrogens is 417 g/mol. The lowest BCUT2D eigenvalue weighted by Gasteiger charge is -2.19. The van der Waals surface area contributed by atoms with E-state index in [1.54, 1.807) is 12.1 Å². The number of likely N-dealkylation sites (tertiary alicyclic amines) is 1. The highest BCUT2D eigenvalue weighted by Gasteiger charge is 2.42. The van der Waals surface area contributed by atoms with Crippen LogP contribution in [0.25, 0.3) is 0 Å². The van der Waals surface area contributed by atoms with Crippen LogP contribution < -0.4 is 9.47 Å². The Hall–Kier alpha value is -3.18. The van der Waals surface area contributed by atoms with Gasteiger partial charge in [-0.2, -0.15) is 0 Å². The van der Waals surface area contributed by atoms with E-state index >= 15 is 0 Å². The lowest BCUT2D eigenvalue weighted by Crippen LogP contribution is -2.30. The Labute approximate surface area is 193 Å². The predicted molar refractivity (Wildman–Crippen MR) is 125 cm³/mol. The van der Waals surface area contributed by atoms with Gasteiger partial charge in [-0.1, -0.05) is 30.3 Å². The largest absolute Gasteiger partial charge is 0.490 e. The van der Waals surface area contributed by atoms with E-state index in [-0.39, 0.29) is 17.7 Å². The molecule has 1 aliphatic heterocycles. The van der Waals surface area contributed by atoms with Gasteiger partial charge in [-0.25, -0.2) is 4.39 Å². The third-order valence-corrected chi connectivity index (χ3v) is 6.69. The zero-order chi connectivity index (χ0) is 22.6. The lowest BCUT2D eigenvalue weighted by molar-refractivity contribution is 0.0936. The predicted octanol–water partition coefficient (Wildman–Crippen LogP) is 5.38. The molecule has 0 bridgehead atoms. The van der Waals surface area contributed by atoms with E-state index < -0.39 is 0 Å². The second-order valence-corrected chi connectivity index (χ2v) is 9.10. The number of hydrogen-bond donors (Lipinski definition) is 0. The molecule has 1 saturated carbocycles. The van der Waals surface area contributed by atoms with Gasteiger partial charge in [0.15, 0.2) is 5.78 Å².